The highest BCUT2D eigenvalue weighted by atomic mass is 35.5. The number of aromatic nitrogens is 2. The summed E-state index contributed by atoms with van der Waals surface area (Å²) in [6.45, 7) is 0. The molecule has 1 aromatic heterocycles. The van der Waals surface area contributed by atoms with Crippen molar-refractivity contribution < 1.29 is 0 Å². The van der Waals surface area contributed by atoms with E-state index in [4.69, 9.17) is 11.6 Å². The molecule has 0 spiro atoms. The maximum absolute atomic E-state index is 6.02. The largest absolute Gasteiger partial charge is 0.272 e. The van der Waals surface area contributed by atoms with E-state index < -0.39 is 0 Å². The number of aryl methyl sites for hydroxylation is 1. The Balaban J connectivity index is 2.36. The third kappa shape index (κ3) is 1.16. The molecule has 1 heterocycles. The Morgan fingerprint density at radius 1 is 1.73 bits per heavy atom. The monoisotopic (exact) mass is 170 g/mol. The second kappa shape index (κ2) is 2.52. The zero-order valence-corrected chi connectivity index (χ0v) is 7.30. The van der Waals surface area contributed by atoms with Gasteiger partial charge in [-0.05, 0) is 24.8 Å². The van der Waals surface area contributed by atoms with Gasteiger partial charge >= 0.3 is 0 Å². The molecule has 1 atom stereocenters. The first-order chi connectivity index (χ1) is 5.27. The van der Waals surface area contributed by atoms with Crippen LogP contribution < -0.4 is 0 Å². The molecular formula is C8H11ClN2. The van der Waals surface area contributed by atoms with Crippen LogP contribution in [0.15, 0.2) is 6.20 Å². The molecule has 3 heteroatoms. The number of fused-ring (bicyclic) bond motifs is 1. The molecule has 0 fully saturated rings. The molecule has 0 bridgehead atoms. The van der Waals surface area contributed by atoms with Crippen LogP contribution in [0.3, 0.4) is 0 Å². The number of nitrogens with zero attached hydrogens (tertiary/aromatic N) is 2. The lowest BCUT2D eigenvalue weighted by atomic mass is 9.98. The highest BCUT2D eigenvalue weighted by Crippen LogP contribution is 2.23. The van der Waals surface area contributed by atoms with Crippen LogP contribution in [0.5, 0.6) is 0 Å². The Morgan fingerprint density at radius 3 is 3.36 bits per heavy atom. The van der Waals surface area contributed by atoms with Gasteiger partial charge in [-0.2, -0.15) is 5.10 Å². The van der Waals surface area contributed by atoms with Crippen LogP contribution >= 0.6 is 11.6 Å². The third-order valence-corrected chi connectivity index (χ3v) is 2.66. The normalized spacial score (nSPS) is 23.3. The Bertz CT molecular complexity index is 267. The van der Waals surface area contributed by atoms with E-state index in [0.29, 0.717) is 5.38 Å². The van der Waals surface area contributed by atoms with Gasteiger partial charge in [-0.1, -0.05) is 0 Å². The van der Waals surface area contributed by atoms with E-state index >= 15 is 0 Å². The minimum Gasteiger partial charge on any atom is -0.272 e. The van der Waals surface area contributed by atoms with Crippen molar-refractivity contribution >= 4 is 11.6 Å². The zero-order valence-electron chi connectivity index (χ0n) is 6.55. The van der Waals surface area contributed by atoms with Gasteiger partial charge in [-0.3, -0.25) is 4.68 Å². The van der Waals surface area contributed by atoms with E-state index in [9.17, 15) is 0 Å². The van der Waals surface area contributed by atoms with Gasteiger partial charge in [-0.25, -0.2) is 0 Å². The van der Waals surface area contributed by atoms with Crippen LogP contribution in [0, 0.1) is 0 Å². The lowest BCUT2D eigenvalue weighted by molar-refractivity contribution is 0.631. The van der Waals surface area contributed by atoms with Crippen molar-refractivity contribution in [3.8, 4) is 0 Å². The maximum Gasteiger partial charge on any atom is 0.0525 e. The molecule has 0 aromatic carbocycles. The standard InChI is InChI=1S/C8H11ClN2/c1-11-8-3-2-7(9)4-6(8)5-10-11/h5,7H,2-4H2,1H3/t7-/m0/s1. The first kappa shape index (κ1) is 7.17. The van der Waals surface area contributed by atoms with Crippen molar-refractivity contribution in [1.82, 2.24) is 9.78 Å². The van der Waals surface area contributed by atoms with Crippen molar-refractivity contribution in [1.29, 1.82) is 0 Å². The molecule has 2 rings (SSSR count). The Kier molecular flexibility index (Phi) is 1.64. The Morgan fingerprint density at radius 2 is 2.55 bits per heavy atom. The molecule has 0 radical (unpaired) electrons. The fourth-order valence-electron chi connectivity index (χ4n) is 1.64. The highest BCUT2D eigenvalue weighted by Gasteiger charge is 2.19. The molecule has 60 valence electrons. The van der Waals surface area contributed by atoms with Crippen LogP contribution in [0.4, 0.5) is 0 Å². The molecule has 0 saturated carbocycles. The molecule has 0 amide bonds. The lowest BCUT2D eigenvalue weighted by Crippen LogP contribution is -2.14. The second-order valence-electron chi connectivity index (χ2n) is 3.08. The van der Waals surface area contributed by atoms with Crippen LogP contribution in [0.1, 0.15) is 17.7 Å². The Labute approximate surface area is 71.2 Å². The van der Waals surface area contributed by atoms with Crippen LogP contribution in [0.2, 0.25) is 0 Å². The summed E-state index contributed by atoms with van der Waals surface area (Å²) in [5.41, 5.74) is 2.70. The summed E-state index contributed by atoms with van der Waals surface area (Å²) in [6.07, 6.45) is 5.10. The van der Waals surface area contributed by atoms with Crippen molar-refractivity contribution in [3.63, 3.8) is 0 Å². The molecule has 0 saturated heterocycles. The van der Waals surface area contributed by atoms with Crippen molar-refractivity contribution in [2.24, 2.45) is 7.05 Å². The SMILES string of the molecule is Cn1ncc2c1CC[C@H](Cl)C2. The topological polar surface area (TPSA) is 17.8 Å². The molecule has 0 aliphatic heterocycles. The van der Waals surface area contributed by atoms with Gasteiger partial charge in [0.05, 0.1) is 6.20 Å². The van der Waals surface area contributed by atoms with Crippen molar-refractivity contribution in [2.75, 3.05) is 0 Å². The molecule has 0 N–H and O–H groups in total. The quantitative estimate of drug-likeness (QED) is 0.540. The fourth-order valence-corrected chi connectivity index (χ4v) is 1.91. The molecule has 11 heavy (non-hydrogen) atoms. The van der Waals surface area contributed by atoms with Crippen molar-refractivity contribution in [3.05, 3.63) is 17.5 Å². The third-order valence-electron chi connectivity index (χ3n) is 2.28. The summed E-state index contributed by atoms with van der Waals surface area (Å²) in [5.74, 6) is 0. The van der Waals surface area contributed by atoms with E-state index in [-0.39, 0.29) is 0 Å². The van der Waals surface area contributed by atoms with E-state index in [2.05, 4.69) is 5.10 Å². The van der Waals surface area contributed by atoms with E-state index in [1.165, 1.54) is 11.3 Å². The average Bonchev–Trinajstić information content (AvgIpc) is 2.32. The van der Waals surface area contributed by atoms with Crippen molar-refractivity contribution in [2.45, 2.75) is 24.6 Å². The van der Waals surface area contributed by atoms with Crippen LogP contribution in [-0.4, -0.2) is 15.2 Å². The minimum atomic E-state index is 0.326. The van der Waals surface area contributed by atoms with Gasteiger partial charge in [-0.15, -0.1) is 11.6 Å². The maximum atomic E-state index is 6.02. The van der Waals surface area contributed by atoms with Gasteiger partial charge in [0.2, 0.25) is 0 Å². The summed E-state index contributed by atoms with van der Waals surface area (Å²) < 4.78 is 1.96. The van der Waals surface area contributed by atoms with Gasteiger partial charge in [0.1, 0.15) is 0 Å². The predicted molar refractivity (Wildman–Crippen MR) is 44.9 cm³/mol. The van der Waals surface area contributed by atoms with Gasteiger partial charge in [0.25, 0.3) is 0 Å². The molecule has 1 aliphatic carbocycles. The van der Waals surface area contributed by atoms with Crippen LogP contribution in [0.25, 0.3) is 0 Å². The average molecular weight is 171 g/mol. The number of rotatable bonds is 0. The first-order valence-electron chi connectivity index (χ1n) is 3.91. The number of hydrogen-bond acceptors (Lipinski definition) is 1. The van der Waals surface area contributed by atoms with Gasteiger partial charge < -0.3 is 0 Å². The van der Waals surface area contributed by atoms with Gasteiger partial charge in [0, 0.05) is 18.1 Å². The molecule has 0 unspecified atom stereocenters. The summed E-state index contributed by atoms with van der Waals surface area (Å²) >= 11 is 6.02. The first-order valence-corrected chi connectivity index (χ1v) is 4.35. The van der Waals surface area contributed by atoms with E-state index in [1.54, 1.807) is 0 Å². The van der Waals surface area contributed by atoms with E-state index in [1.807, 2.05) is 17.9 Å². The summed E-state index contributed by atoms with van der Waals surface area (Å²) in [6, 6.07) is 0. The fraction of sp³-hybridized carbons (Fsp3) is 0.625. The predicted octanol–water partition coefficient (Wildman–Crippen LogP) is 1.52. The summed E-state index contributed by atoms with van der Waals surface area (Å²) in [5, 5.41) is 4.52. The highest BCUT2D eigenvalue weighted by molar-refractivity contribution is 6.20. The number of halogens is 1. The lowest BCUT2D eigenvalue weighted by Gasteiger charge is -2.16. The molecule has 1 aliphatic rings. The second-order valence-corrected chi connectivity index (χ2v) is 3.70. The molecular weight excluding hydrogens is 160 g/mol. The summed E-state index contributed by atoms with van der Waals surface area (Å²) in [7, 11) is 1.99. The summed E-state index contributed by atoms with van der Waals surface area (Å²) in [4.78, 5) is 0. The molecule has 2 nitrogen and oxygen atoms in total. The minimum absolute atomic E-state index is 0.326. The zero-order chi connectivity index (χ0) is 7.84. The van der Waals surface area contributed by atoms with E-state index in [0.717, 1.165) is 19.3 Å². The number of hydrogen-bond donors (Lipinski definition) is 0. The van der Waals surface area contributed by atoms with Gasteiger partial charge in [0.15, 0.2) is 0 Å². The molecule has 1 aromatic rings. The van der Waals surface area contributed by atoms with Crippen LogP contribution in [-0.2, 0) is 19.9 Å². The smallest absolute Gasteiger partial charge is 0.0525 e. The Hall–Kier alpha value is -0.500. The number of alkyl halides is 1.